The lowest BCUT2D eigenvalue weighted by Crippen LogP contribution is -2.37. The number of likely N-dealkylation sites (tertiary alicyclic amines) is 1. The zero-order valence-corrected chi connectivity index (χ0v) is 18.6. The molecule has 0 saturated carbocycles. The molecule has 2 heterocycles. The van der Waals surface area contributed by atoms with E-state index < -0.39 is 0 Å². The normalized spacial score (nSPS) is 18.3. The molecular weight excluding hydrogens is 390 g/mol. The number of hydrogen-bond donors (Lipinski definition) is 1. The number of nitrogens with one attached hydrogen (secondary N) is 1. The molecule has 2 aliphatic rings. The van der Waals surface area contributed by atoms with E-state index in [4.69, 9.17) is 0 Å². The molecule has 0 bridgehead atoms. The zero-order chi connectivity index (χ0) is 21.8. The standard InChI is InChI=1S/C24H33N5O2/c1-27(17-18-8-4-3-5-9-18)24(31)23-20-16-19(11-12-21(20)28(2)26-23)25-13-7-15-29-14-6-10-22(29)30/h3-5,8-9,19,25H,6-7,10-17H2,1-2H3. The molecule has 7 heteroatoms. The average molecular weight is 424 g/mol. The Hall–Kier alpha value is -2.67. The molecule has 31 heavy (non-hydrogen) atoms. The van der Waals surface area contributed by atoms with E-state index in [1.54, 1.807) is 4.90 Å². The topological polar surface area (TPSA) is 70.5 Å². The van der Waals surface area contributed by atoms with Crippen LogP contribution in [0.5, 0.6) is 0 Å². The average Bonchev–Trinajstić information content (AvgIpc) is 3.34. The summed E-state index contributed by atoms with van der Waals surface area (Å²) in [6, 6.07) is 10.4. The Bertz CT molecular complexity index is 924. The molecule has 166 valence electrons. The molecule has 4 rings (SSSR count). The summed E-state index contributed by atoms with van der Waals surface area (Å²) < 4.78 is 1.88. The van der Waals surface area contributed by atoms with Gasteiger partial charge < -0.3 is 15.1 Å². The van der Waals surface area contributed by atoms with Crippen molar-refractivity contribution in [1.29, 1.82) is 0 Å². The van der Waals surface area contributed by atoms with E-state index in [1.807, 2.05) is 54.0 Å². The third kappa shape index (κ3) is 4.98. The van der Waals surface area contributed by atoms with Gasteiger partial charge in [0.1, 0.15) is 0 Å². The number of amides is 2. The Morgan fingerprint density at radius 2 is 2.06 bits per heavy atom. The summed E-state index contributed by atoms with van der Waals surface area (Å²) in [5, 5.41) is 8.25. The molecule has 1 aromatic carbocycles. The molecule has 2 aromatic rings. The number of nitrogens with zero attached hydrogens (tertiary/aromatic N) is 4. The number of benzene rings is 1. The van der Waals surface area contributed by atoms with E-state index in [-0.39, 0.29) is 5.91 Å². The lowest BCUT2D eigenvalue weighted by molar-refractivity contribution is -0.127. The Morgan fingerprint density at radius 3 is 2.81 bits per heavy atom. The largest absolute Gasteiger partial charge is 0.343 e. The molecule has 2 amide bonds. The third-order valence-electron chi connectivity index (χ3n) is 6.48. The molecule has 1 fully saturated rings. The zero-order valence-electron chi connectivity index (χ0n) is 18.6. The van der Waals surface area contributed by atoms with Crippen LogP contribution in [-0.2, 0) is 31.2 Å². The summed E-state index contributed by atoms with van der Waals surface area (Å²) in [6.45, 7) is 3.21. The first-order valence-corrected chi connectivity index (χ1v) is 11.4. The molecule has 7 nitrogen and oxygen atoms in total. The number of aromatic nitrogens is 2. The number of hydrogen-bond acceptors (Lipinski definition) is 4. The van der Waals surface area contributed by atoms with Crippen molar-refractivity contribution in [3.8, 4) is 0 Å². The van der Waals surface area contributed by atoms with Gasteiger partial charge in [0.25, 0.3) is 5.91 Å². The van der Waals surface area contributed by atoms with Crippen molar-refractivity contribution in [2.24, 2.45) is 7.05 Å². The highest BCUT2D eigenvalue weighted by Crippen LogP contribution is 2.25. The van der Waals surface area contributed by atoms with E-state index in [0.717, 1.165) is 62.9 Å². The summed E-state index contributed by atoms with van der Waals surface area (Å²) in [7, 11) is 3.78. The highest BCUT2D eigenvalue weighted by Gasteiger charge is 2.29. The first-order chi connectivity index (χ1) is 15.0. The maximum Gasteiger partial charge on any atom is 0.274 e. The van der Waals surface area contributed by atoms with Gasteiger partial charge in [-0.1, -0.05) is 30.3 Å². The van der Waals surface area contributed by atoms with Gasteiger partial charge in [-0.2, -0.15) is 5.10 Å². The lowest BCUT2D eigenvalue weighted by atomic mass is 9.91. The number of carbonyl (C=O) groups excluding carboxylic acids is 2. The molecule has 1 unspecified atom stereocenters. The minimum Gasteiger partial charge on any atom is -0.343 e. The molecular formula is C24H33N5O2. The van der Waals surface area contributed by atoms with Gasteiger partial charge in [0, 0.05) is 57.4 Å². The smallest absolute Gasteiger partial charge is 0.274 e. The minimum absolute atomic E-state index is 0.0195. The van der Waals surface area contributed by atoms with Crippen LogP contribution < -0.4 is 5.32 Å². The summed E-state index contributed by atoms with van der Waals surface area (Å²) in [5.74, 6) is 0.273. The van der Waals surface area contributed by atoms with Crippen LogP contribution in [0.3, 0.4) is 0 Å². The Labute approximate surface area is 184 Å². The summed E-state index contributed by atoms with van der Waals surface area (Å²) in [6.07, 6.45) is 5.46. The fourth-order valence-corrected chi connectivity index (χ4v) is 4.76. The van der Waals surface area contributed by atoms with Gasteiger partial charge in [0.15, 0.2) is 5.69 Å². The van der Waals surface area contributed by atoms with Crippen molar-refractivity contribution in [3.05, 3.63) is 52.8 Å². The molecule has 1 aliphatic carbocycles. The van der Waals surface area contributed by atoms with Crippen LogP contribution in [0, 0.1) is 0 Å². The van der Waals surface area contributed by atoms with Gasteiger partial charge in [0.2, 0.25) is 5.91 Å². The molecule has 0 spiro atoms. The van der Waals surface area contributed by atoms with Crippen LogP contribution in [-0.4, -0.2) is 64.1 Å². The molecule has 1 saturated heterocycles. The van der Waals surface area contributed by atoms with E-state index in [2.05, 4.69) is 10.4 Å². The van der Waals surface area contributed by atoms with Crippen LogP contribution in [0.2, 0.25) is 0 Å². The van der Waals surface area contributed by atoms with Gasteiger partial charge in [0.05, 0.1) is 0 Å². The highest BCUT2D eigenvalue weighted by atomic mass is 16.2. The SMILES string of the molecule is CN(Cc1ccccc1)C(=O)c1nn(C)c2c1CC(NCCCN1CCCC1=O)CC2. The molecule has 0 radical (unpaired) electrons. The fraction of sp³-hybridized carbons (Fsp3) is 0.542. The maximum atomic E-state index is 13.2. The van der Waals surface area contributed by atoms with Crippen LogP contribution in [0.1, 0.15) is 53.0 Å². The maximum absolute atomic E-state index is 13.2. The van der Waals surface area contributed by atoms with Crippen molar-refractivity contribution in [3.63, 3.8) is 0 Å². The monoisotopic (exact) mass is 423 g/mol. The van der Waals surface area contributed by atoms with Gasteiger partial charge >= 0.3 is 0 Å². The molecule has 1 aromatic heterocycles. The number of fused-ring (bicyclic) bond motifs is 1. The lowest BCUT2D eigenvalue weighted by Gasteiger charge is -2.25. The molecule has 1 aliphatic heterocycles. The predicted octanol–water partition coefficient (Wildman–Crippen LogP) is 2.15. The minimum atomic E-state index is -0.0195. The number of aryl methyl sites for hydroxylation is 1. The van der Waals surface area contributed by atoms with E-state index in [1.165, 1.54) is 5.69 Å². The fourth-order valence-electron chi connectivity index (χ4n) is 4.76. The first-order valence-electron chi connectivity index (χ1n) is 11.4. The van der Waals surface area contributed by atoms with E-state index in [9.17, 15) is 9.59 Å². The highest BCUT2D eigenvalue weighted by molar-refractivity contribution is 5.94. The Kier molecular flexibility index (Phi) is 6.70. The molecule has 1 atom stereocenters. The van der Waals surface area contributed by atoms with Crippen molar-refractivity contribution in [2.75, 3.05) is 26.7 Å². The van der Waals surface area contributed by atoms with Crippen molar-refractivity contribution < 1.29 is 9.59 Å². The van der Waals surface area contributed by atoms with Crippen molar-refractivity contribution >= 4 is 11.8 Å². The second-order valence-electron chi connectivity index (χ2n) is 8.78. The third-order valence-corrected chi connectivity index (χ3v) is 6.48. The van der Waals surface area contributed by atoms with Crippen molar-refractivity contribution in [1.82, 2.24) is 24.9 Å². The number of rotatable bonds is 8. The predicted molar refractivity (Wildman–Crippen MR) is 120 cm³/mol. The van der Waals surface area contributed by atoms with Crippen molar-refractivity contribution in [2.45, 2.75) is 51.1 Å². The molecule has 1 N–H and O–H groups in total. The second kappa shape index (κ2) is 9.64. The van der Waals surface area contributed by atoms with E-state index >= 15 is 0 Å². The Morgan fingerprint density at radius 1 is 1.26 bits per heavy atom. The van der Waals surface area contributed by atoms with Gasteiger partial charge in [-0.3, -0.25) is 14.3 Å². The van der Waals surface area contributed by atoms with Crippen LogP contribution in [0.15, 0.2) is 30.3 Å². The second-order valence-corrected chi connectivity index (χ2v) is 8.78. The quantitative estimate of drug-likeness (QED) is 0.661. The van der Waals surface area contributed by atoms with Crippen LogP contribution >= 0.6 is 0 Å². The summed E-state index contributed by atoms with van der Waals surface area (Å²) in [5.41, 5.74) is 3.97. The van der Waals surface area contributed by atoms with E-state index in [0.29, 0.717) is 30.6 Å². The van der Waals surface area contributed by atoms with Gasteiger partial charge in [-0.25, -0.2) is 0 Å². The van der Waals surface area contributed by atoms with Gasteiger partial charge in [-0.05, 0) is 44.2 Å². The van der Waals surface area contributed by atoms with Crippen LogP contribution in [0.4, 0.5) is 0 Å². The summed E-state index contributed by atoms with van der Waals surface area (Å²) >= 11 is 0. The van der Waals surface area contributed by atoms with Gasteiger partial charge in [-0.15, -0.1) is 0 Å². The first kappa shape index (κ1) is 21.6. The summed E-state index contributed by atoms with van der Waals surface area (Å²) in [4.78, 5) is 28.6. The van der Waals surface area contributed by atoms with Crippen LogP contribution in [0.25, 0.3) is 0 Å². The Balaban J connectivity index is 1.35. The number of carbonyl (C=O) groups is 2.